The van der Waals surface area contributed by atoms with E-state index in [1.54, 1.807) is 26.2 Å². The zero-order valence-corrected chi connectivity index (χ0v) is 13.9. The molecule has 2 rings (SSSR count). The third-order valence-corrected chi connectivity index (χ3v) is 3.71. The summed E-state index contributed by atoms with van der Waals surface area (Å²) < 4.78 is 21.2. The molecular weight excluding hydrogens is 300 g/mol. The van der Waals surface area contributed by atoms with Crippen LogP contribution in [0.1, 0.15) is 5.56 Å². The third kappa shape index (κ3) is 4.41. The van der Waals surface area contributed by atoms with Gasteiger partial charge in [0.1, 0.15) is 0 Å². The molecule has 0 bridgehead atoms. The second-order valence-electron chi connectivity index (χ2n) is 5.11. The second-order valence-corrected chi connectivity index (χ2v) is 5.11. The summed E-state index contributed by atoms with van der Waals surface area (Å²) in [6.07, 6.45) is 0.673. The van der Waals surface area contributed by atoms with Crippen LogP contribution in [-0.4, -0.2) is 65.1 Å². The zero-order chi connectivity index (χ0) is 16.7. The average molecular weight is 324 g/mol. The highest BCUT2D eigenvalue weighted by Gasteiger charge is 2.17. The number of hydrogen-bond acceptors (Lipinski definition) is 5. The summed E-state index contributed by atoms with van der Waals surface area (Å²) in [4.78, 5) is 13.8. The smallest absolute Gasteiger partial charge is 0.317 e. The van der Waals surface area contributed by atoms with Crippen LogP contribution >= 0.6 is 0 Å². The third-order valence-electron chi connectivity index (χ3n) is 3.71. The fourth-order valence-corrected chi connectivity index (χ4v) is 2.47. The lowest BCUT2D eigenvalue weighted by atomic mass is 10.1. The molecule has 128 valence electrons. The van der Waals surface area contributed by atoms with Crippen molar-refractivity contribution in [2.24, 2.45) is 0 Å². The Balaban J connectivity index is 1.93. The number of amides is 2. The van der Waals surface area contributed by atoms with Crippen LogP contribution < -0.4 is 19.5 Å². The van der Waals surface area contributed by atoms with Crippen LogP contribution in [0.3, 0.4) is 0 Å². The van der Waals surface area contributed by atoms with Gasteiger partial charge in [-0.15, -0.1) is 0 Å². The van der Waals surface area contributed by atoms with Gasteiger partial charge in [-0.05, 0) is 24.1 Å². The lowest BCUT2D eigenvalue weighted by Crippen LogP contribution is -2.46. The number of nitrogens with one attached hydrogen (secondary N) is 1. The minimum absolute atomic E-state index is 0.0549. The number of morpholine rings is 1. The molecule has 1 fully saturated rings. The topological polar surface area (TPSA) is 69.3 Å². The number of hydrogen-bond donors (Lipinski definition) is 1. The summed E-state index contributed by atoms with van der Waals surface area (Å²) in [6.45, 7) is 3.00. The van der Waals surface area contributed by atoms with Gasteiger partial charge in [-0.25, -0.2) is 4.79 Å². The largest absolute Gasteiger partial charge is 0.493 e. The van der Waals surface area contributed by atoms with Gasteiger partial charge in [0.2, 0.25) is 5.75 Å². The number of urea groups is 1. The van der Waals surface area contributed by atoms with Crippen LogP contribution in [0.25, 0.3) is 0 Å². The number of rotatable bonds is 6. The minimum atomic E-state index is -0.0549. The molecule has 0 atom stereocenters. The van der Waals surface area contributed by atoms with Crippen molar-refractivity contribution in [1.82, 2.24) is 10.2 Å². The predicted octanol–water partition coefficient (Wildman–Crippen LogP) is 1.30. The summed E-state index contributed by atoms with van der Waals surface area (Å²) >= 11 is 0. The first-order valence-corrected chi connectivity index (χ1v) is 7.59. The highest BCUT2D eigenvalue weighted by molar-refractivity contribution is 5.74. The molecule has 7 heteroatoms. The molecule has 1 saturated heterocycles. The molecule has 1 aliphatic heterocycles. The molecule has 1 heterocycles. The summed E-state index contributed by atoms with van der Waals surface area (Å²) in [6, 6.07) is 3.73. The Kier molecular flexibility index (Phi) is 6.34. The average Bonchev–Trinajstić information content (AvgIpc) is 2.61. The molecule has 0 radical (unpaired) electrons. The molecule has 0 unspecified atom stereocenters. The Hall–Kier alpha value is -2.15. The maximum absolute atomic E-state index is 12.0. The van der Waals surface area contributed by atoms with Crippen LogP contribution in [0.4, 0.5) is 4.79 Å². The van der Waals surface area contributed by atoms with Gasteiger partial charge < -0.3 is 29.2 Å². The fraction of sp³-hybridized carbons (Fsp3) is 0.562. The van der Waals surface area contributed by atoms with E-state index in [1.165, 1.54) is 0 Å². The van der Waals surface area contributed by atoms with Crippen LogP contribution in [0.5, 0.6) is 17.2 Å². The predicted molar refractivity (Wildman–Crippen MR) is 85.6 cm³/mol. The first-order chi connectivity index (χ1) is 11.2. The molecule has 0 saturated carbocycles. The first-order valence-electron chi connectivity index (χ1n) is 7.59. The molecule has 1 aliphatic rings. The monoisotopic (exact) mass is 324 g/mol. The molecule has 0 aliphatic carbocycles. The van der Waals surface area contributed by atoms with Gasteiger partial charge in [0.05, 0.1) is 34.5 Å². The van der Waals surface area contributed by atoms with Crippen molar-refractivity contribution in [3.8, 4) is 17.2 Å². The lowest BCUT2D eigenvalue weighted by molar-refractivity contribution is 0.0533. The van der Waals surface area contributed by atoms with Gasteiger partial charge in [0.25, 0.3) is 0 Å². The first kappa shape index (κ1) is 17.2. The molecule has 1 aromatic rings. The van der Waals surface area contributed by atoms with E-state index >= 15 is 0 Å². The lowest BCUT2D eigenvalue weighted by Gasteiger charge is -2.26. The minimum Gasteiger partial charge on any atom is -0.493 e. The van der Waals surface area contributed by atoms with Gasteiger partial charge in [0.15, 0.2) is 11.5 Å². The van der Waals surface area contributed by atoms with Crippen molar-refractivity contribution >= 4 is 6.03 Å². The van der Waals surface area contributed by atoms with E-state index in [4.69, 9.17) is 18.9 Å². The van der Waals surface area contributed by atoms with Crippen LogP contribution in [0.15, 0.2) is 12.1 Å². The highest BCUT2D eigenvalue weighted by Crippen LogP contribution is 2.38. The molecular formula is C16H24N2O5. The van der Waals surface area contributed by atoms with Crippen molar-refractivity contribution < 1.29 is 23.7 Å². The Morgan fingerprint density at radius 2 is 1.74 bits per heavy atom. The van der Waals surface area contributed by atoms with E-state index in [2.05, 4.69) is 5.32 Å². The molecule has 1 N–H and O–H groups in total. The summed E-state index contributed by atoms with van der Waals surface area (Å²) in [5, 5.41) is 2.92. The number of methoxy groups -OCH3 is 3. The van der Waals surface area contributed by atoms with Crippen molar-refractivity contribution in [2.75, 3.05) is 54.2 Å². The number of carbonyl (C=O) groups is 1. The summed E-state index contributed by atoms with van der Waals surface area (Å²) in [5.74, 6) is 1.79. The molecule has 1 aromatic carbocycles. The van der Waals surface area contributed by atoms with Crippen molar-refractivity contribution in [3.63, 3.8) is 0 Å². The normalized spacial score (nSPS) is 14.3. The van der Waals surface area contributed by atoms with Gasteiger partial charge in [-0.2, -0.15) is 0 Å². The van der Waals surface area contributed by atoms with Crippen LogP contribution in [0.2, 0.25) is 0 Å². The Labute approximate surface area is 136 Å². The van der Waals surface area contributed by atoms with Crippen LogP contribution in [-0.2, 0) is 11.2 Å². The number of nitrogens with zero attached hydrogens (tertiary/aromatic N) is 1. The summed E-state index contributed by atoms with van der Waals surface area (Å²) in [5.41, 5.74) is 1.00. The van der Waals surface area contributed by atoms with Crippen molar-refractivity contribution in [1.29, 1.82) is 0 Å². The molecule has 23 heavy (non-hydrogen) atoms. The fourth-order valence-electron chi connectivity index (χ4n) is 2.47. The maximum Gasteiger partial charge on any atom is 0.317 e. The molecule has 2 amide bonds. The zero-order valence-electron chi connectivity index (χ0n) is 13.9. The number of carbonyl (C=O) groups excluding carboxylic acids is 1. The van der Waals surface area contributed by atoms with E-state index in [0.717, 1.165) is 5.56 Å². The standard InChI is InChI=1S/C16H24N2O5/c1-20-13-10-12(11-14(21-2)15(13)22-3)4-5-17-16(19)18-6-8-23-9-7-18/h10-11H,4-9H2,1-3H3,(H,17,19). The second kappa shape index (κ2) is 8.47. The Morgan fingerprint density at radius 3 is 2.26 bits per heavy atom. The van der Waals surface area contributed by atoms with Gasteiger partial charge >= 0.3 is 6.03 Å². The molecule has 0 spiro atoms. The summed E-state index contributed by atoms with van der Waals surface area (Å²) in [7, 11) is 4.74. The SMILES string of the molecule is COc1cc(CCNC(=O)N2CCOCC2)cc(OC)c1OC. The highest BCUT2D eigenvalue weighted by atomic mass is 16.5. The van der Waals surface area contributed by atoms with E-state index in [9.17, 15) is 4.79 Å². The van der Waals surface area contributed by atoms with E-state index in [0.29, 0.717) is 56.5 Å². The van der Waals surface area contributed by atoms with E-state index < -0.39 is 0 Å². The number of ether oxygens (including phenoxy) is 4. The molecule has 0 aromatic heterocycles. The Bertz CT molecular complexity index is 504. The van der Waals surface area contributed by atoms with Gasteiger partial charge in [0, 0.05) is 19.6 Å². The van der Waals surface area contributed by atoms with E-state index in [-0.39, 0.29) is 6.03 Å². The van der Waals surface area contributed by atoms with Crippen molar-refractivity contribution in [2.45, 2.75) is 6.42 Å². The quantitative estimate of drug-likeness (QED) is 0.854. The maximum atomic E-state index is 12.0. The van der Waals surface area contributed by atoms with Crippen LogP contribution in [0, 0.1) is 0 Å². The van der Waals surface area contributed by atoms with Gasteiger partial charge in [-0.1, -0.05) is 0 Å². The van der Waals surface area contributed by atoms with Gasteiger partial charge in [-0.3, -0.25) is 0 Å². The Morgan fingerprint density at radius 1 is 1.13 bits per heavy atom. The van der Waals surface area contributed by atoms with Crippen molar-refractivity contribution in [3.05, 3.63) is 17.7 Å². The van der Waals surface area contributed by atoms with E-state index in [1.807, 2.05) is 12.1 Å². The number of benzene rings is 1. The molecule has 7 nitrogen and oxygen atoms in total.